The van der Waals surface area contributed by atoms with Gasteiger partial charge in [0.25, 0.3) is 0 Å². The van der Waals surface area contributed by atoms with Gasteiger partial charge in [0.15, 0.2) is 6.29 Å². The molecule has 1 aliphatic rings. The van der Waals surface area contributed by atoms with Crippen molar-refractivity contribution < 1.29 is 38.1 Å². The molecule has 0 aliphatic heterocycles. The van der Waals surface area contributed by atoms with Gasteiger partial charge < -0.3 is 51.6 Å². The highest BCUT2D eigenvalue weighted by Crippen LogP contribution is 2.37. The number of aliphatic hydroxyl groups excluding tert-OH is 1. The van der Waals surface area contributed by atoms with E-state index in [4.69, 9.17) is 47.4 Å². The summed E-state index contributed by atoms with van der Waals surface area (Å²) < 4.78 is 22.6. The maximum absolute atomic E-state index is 12.6. The smallest absolute Gasteiger partial charge is 0.328 e. The molecule has 2 heterocycles. The van der Waals surface area contributed by atoms with E-state index in [1.165, 1.54) is 45.7 Å². The van der Waals surface area contributed by atoms with Crippen LogP contribution in [0, 0.1) is 22.7 Å². The fraction of sp³-hybridized carbons (Fsp3) is 0.395. The molecule has 4 rings (SSSR count). The third-order valence-corrected chi connectivity index (χ3v) is 9.61. The van der Waals surface area contributed by atoms with Crippen LogP contribution in [0.4, 0.5) is 5.82 Å². The zero-order valence-corrected chi connectivity index (χ0v) is 33.2. The van der Waals surface area contributed by atoms with E-state index in [1.807, 2.05) is 18.2 Å². The van der Waals surface area contributed by atoms with Crippen molar-refractivity contribution in [1.29, 1.82) is 10.5 Å². The lowest BCUT2D eigenvalue weighted by atomic mass is 9.97. The number of carbonyl (C=O) groups is 3. The Bertz CT molecular complexity index is 2060. The van der Waals surface area contributed by atoms with E-state index < -0.39 is 61.0 Å². The Balaban J connectivity index is 1.49. The van der Waals surface area contributed by atoms with E-state index >= 15 is 0 Å². The third kappa shape index (κ3) is 12.3. The molecule has 0 saturated carbocycles. The molecule has 3 aromatic rings. The average Bonchev–Trinajstić information content (AvgIpc) is 3.66. The predicted octanol–water partition coefficient (Wildman–Crippen LogP) is 2.63. The summed E-state index contributed by atoms with van der Waals surface area (Å²) in [7, 11) is 0. The molecule has 0 spiro atoms. The first kappa shape index (κ1) is 44.2. The number of oxazole rings is 1. The Morgan fingerprint density at radius 3 is 2.32 bits per heavy atom. The van der Waals surface area contributed by atoms with E-state index in [1.54, 1.807) is 24.3 Å². The number of nitriles is 2. The summed E-state index contributed by atoms with van der Waals surface area (Å²) >= 11 is 7.34. The quantitative estimate of drug-likeness (QED) is 0.0465. The van der Waals surface area contributed by atoms with Crippen LogP contribution in [0.5, 0.6) is 5.75 Å². The van der Waals surface area contributed by atoms with Crippen molar-refractivity contribution in [2.24, 2.45) is 11.5 Å². The molecule has 2 amide bonds. The predicted molar refractivity (Wildman–Crippen MR) is 211 cm³/mol. The van der Waals surface area contributed by atoms with Crippen molar-refractivity contribution in [3.8, 4) is 29.0 Å². The molecule has 0 saturated heterocycles. The molecule has 0 bridgehead atoms. The second kappa shape index (κ2) is 20.6. The number of nitrogens with one attached hydrogen (secondary N) is 2. The lowest BCUT2D eigenvalue weighted by molar-refractivity contribution is -0.180. The summed E-state index contributed by atoms with van der Waals surface area (Å²) in [5, 5.41) is 36.2. The number of amides is 2. The molecule has 7 atom stereocenters. The van der Waals surface area contributed by atoms with Crippen molar-refractivity contribution >= 4 is 52.5 Å². The van der Waals surface area contributed by atoms with Gasteiger partial charge in [-0.2, -0.15) is 10.5 Å². The van der Waals surface area contributed by atoms with Gasteiger partial charge in [-0.15, -0.1) is 11.6 Å². The summed E-state index contributed by atoms with van der Waals surface area (Å²) in [5.74, 6) is -0.894. The first-order chi connectivity index (χ1) is 27.1. The van der Waals surface area contributed by atoms with Gasteiger partial charge in [-0.3, -0.25) is 9.59 Å². The van der Waals surface area contributed by atoms with Gasteiger partial charge in [0, 0.05) is 16.9 Å². The van der Waals surface area contributed by atoms with Crippen molar-refractivity contribution in [3.63, 3.8) is 0 Å². The van der Waals surface area contributed by atoms with Gasteiger partial charge in [0.2, 0.25) is 17.7 Å². The van der Waals surface area contributed by atoms with E-state index in [9.17, 15) is 30.0 Å². The highest BCUT2D eigenvalue weighted by molar-refractivity contribution is 7.98. The van der Waals surface area contributed by atoms with Crippen LogP contribution in [0.3, 0.4) is 0 Å². The maximum Gasteiger partial charge on any atom is 0.328 e. The number of aromatic nitrogens is 2. The summed E-state index contributed by atoms with van der Waals surface area (Å²) in [5.41, 5.74) is 19.7. The minimum absolute atomic E-state index is 0.0164. The van der Waals surface area contributed by atoms with Crippen molar-refractivity contribution in [1.82, 2.24) is 20.6 Å². The van der Waals surface area contributed by atoms with Crippen LogP contribution in [0.25, 0.3) is 16.7 Å². The number of hydrogen-bond acceptors (Lipinski definition) is 16. The standard InChI is InChI=1S/C38H44ClN9O8S/c1-19(42)33(49)45-21(3)37(51)55-17-28(56-38(52)22(4)46-34(50)20(2)43)16-53-27-11-7-23(8-12-27)31-29(13-40)32(44)48-36(30(31)14-41)57-18-26-15-54-35(47-26)24-5-9-25(39)10-6-24/h5-9,11-12,15,19-22,25,28,38,52H,10,16-18,42-43H2,1-4H3,(H2,44,48)(H,45,49)(H,46,50)/t19-,20-,21+,22+,25?,28+,38?/m1/s1. The molecule has 1 aliphatic carbocycles. The van der Waals surface area contributed by atoms with Gasteiger partial charge in [0.05, 0.1) is 34.8 Å². The highest BCUT2D eigenvalue weighted by atomic mass is 35.5. The molecule has 9 N–H and O–H groups in total. The second-order valence-corrected chi connectivity index (χ2v) is 14.6. The molecule has 2 unspecified atom stereocenters. The number of nitrogens with two attached hydrogens (primary N) is 3. The molecule has 302 valence electrons. The first-order valence-electron chi connectivity index (χ1n) is 17.7. The van der Waals surface area contributed by atoms with Crippen LogP contribution >= 0.6 is 23.4 Å². The van der Waals surface area contributed by atoms with Crippen molar-refractivity contribution in [2.45, 2.75) is 86.8 Å². The van der Waals surface area contributed by atoms with Crippen LogP contribution in [0.15, 0.2) is 58.2 Å². The molecule has 19 heteroatoms. The topological polar surface area (TPSA) is 288 Å². The maximum atomic E-state index is 12.6. The number of alkyl halides is 1. The van der Waals surface area contributed by atoms with Crippen molar-refractivity contribution in [2.75, 3.05) is 18.9 Å². The second-order valence-electron chi connectivity index (χ2n) is 13.1. The number of nitrogen functional groups attached to an aromatic ring is 1. The van der Waals surface area contributed by atoms with Crippen LogP contribution in [-0.4, -0.2) is 88.0 Å². The minimum Gasteiger partial charge on any atom is -0.491 e. The number of aliphatic hydroxyl groups is 1. The Hall–Kier alpha value is -5.47. The largest absolute Gasteiger partial charge is 0.491 e. The molecule has 0 radical (unpaired) electrons. The van der Waals surface area contributed by atoms with E-state index in [-0.39, 0.29) is 34.5 Å². The summed E-state index contributed by atoms with van der Waals surface area (Å²) in [4.78, 5) is 45.6. The Labute approximate surface area is 338 Å². The molecule has 57 heavy (non-hydrogen) atoms. The molecule has 0 fully saturated rings. The van der Waals surface area contributed by atoms with Gasteiger partial charge in [-0.25, -0.2) is 14.8 Å². The fourth-order valence-corrected chi connectivity index (χ4v) is 6.11. The number of nitrogens with zero attached hydrogens (tertiary/aromatic N) is 4. The number of thioether (sulfide) groups is 1. The number of benzene rings is 1. The number of ether oxygens (including phenoxy) is 3. The number of esters is 1. The first-order valence-corrected chi connectivity index (χ1v) is 19.1. The molecule has 2 aromatic heterocycles. The number of anilines is 1. The minimum atomic E-state index is -1.56. The number of pyridine rings is 1. The third-order valence-electron chi connectivity index (χ3n) is 8.28. The number of carbonyl (C=O) groups excluding carboxylic acids is 3. The summed E-state index contributed by atoms with van der Waals surface area (Å²) in [6.45, 7) is 5.19. The zero-order valence-electron chi connectivity index (χ0n) is 31.6. The number of hydrogen-bond donors (Lipinski definition) is 6. The molecular formula is C38H44ClN9O8S. The zero-order chi connectivity index (χ0) is 41.8. The summed E-state index contributed by atoms with van der Waals surface area (Å²) in [6.07, 6.45) is 5.20. The number of rotatable bonds is 18. The van der Waals surface area contributed by atoms with Crippen LogP contribution in [0.1, 0.15) is 56.8 Å². The molecule has 1 aromatic carbocycles. The Kier molecular flexibility index (Phi) is 16.0. The van der Waals surface area contributed by atoms with Gasteiger partial charge in [0.1, 0.15) is 65.9 Å². The summed E-state index contributed by atoms with van der Waals surface area (Å²) in [6, 6.07) is 6.99. The van der Waals surface area contributed by atoms with Crippen LogP contribution in [-0.2, 0) is 29.6 Å². The average molecular weight is 822 g/mol. The van der Waals surface area contributed by atoms with E-state index in [0.717, 1.165) is 5.57 Å². The number of allylic oxidation sites excluding steroid dienone is 4. The molecular weight excluding hydrogens is 778 g/mol. The Morgan fingerprint density at radius 1 is 1.04 bits per heavy atom. The van der Waals surface area contributed by atoms with Gasteiger partial charge >= 0.3 is 5.97 Å². The SMILES string of the molecule is C[C@H](NC(=O)[C@@H](C)N)C(=O)OC[C@H](COc1ccc(-c2c(C#N)c(N)nc(SCc3coc(C4=CCC(Cl)C=C4)n3)c2C#N)cc1)OC(O)[C@H](C)NC(=O)[C@@H](C)N. The van der Waals surface area contributed by atoms with Gasteiger partial charge in [-0.1, -0.05) is 42.1 Å². The lowest BCUT2D eigenvalue weighted by Crippen LogP contribution is -2.50. The van der Waals surface area contributed by atoms with Crippen LogP contribution < -0.4 is 32.6 Å². The van der Waals surface area contributed by atoms with Crippen molar-refractivity contribution in [3.05, 3.63) is 71.5 Å². The number of halogens is 1. The fourth-order valence-electron chi connectivity index (χ4n) is 5.07. The normalized spacial score (nSPS) is 16.7. The lowest BCUT2D eigenvalue weighted by Gasteiger charge is -2.26. The monoisotopic (exact) mass is 821 g/mol. The van der Waals surface area contributed by atoms with Crippen LogP contribution in [0.2, 0.25) is 0 Å². The van der Waals surface area contributed by atoms with E-state index in [0.29, 0.717) is 40.1 Å². The van der Waals surface area contributed by atoms with E-state index in [2.05, 4.69) is 32.7 Å². The van der Waals surface area contributed by atoms with Gasteiger partial charge in [-0.05, 0) is 51.8 Å². The molecule has 17 nitrogen and oxygen atoms in total. The Morgan fingerprint density at radius 2 is 1.70 bits per heavy atom. The highest BCUT2D eigenvalue weighted by Gasteiger charge is 2.27.